The van der Waals surface area contributed by atoms with E-state index in [1.807, 2.05) is 6.08 Å². The fraction of sp³-hybridized carbons (Fsp3) is 0.789. The third-order valence-electron chi connectivity index (χ3n) is 16.7. The number of aliphatic hydroxyl groups excluding tert-OH is 5. The molecule has 7 unspecified atom stereocenters. The smallest absolute Gasteiger partial charge is 0.305 e. The topological polar surface area (TPSA) is 175 Å². The van der Waals surface area contributed by atoms with Crippen molar-refractivity contribution in [1.29, 1.82) is 0 Å². The van der Waals surface area contributed by atoms with Crippen molar-refractivity contribution < 1.29 is 49.3 Å². The first-order chi connectivity index (χ1) is 42.7. The van der Waals surface area contributed by atoms with Crippen LogP contribution in [-0.2, 0) is 23.8 Å². The van der Waals surface area contributed by atoms with Crippen LogP contribution in [-0.4, -0.2) is 100 Å². The highest BCUT2D eigenvalue weighted by Crippen LogP contribution is 2.23. The van der Waals surface area contributed by atoms with Crippen molar-refractivity contribution in [3.8, 4) is 0 Å². The van der Waals surface area contributed by atoms with E-state index < -0.39 is 49.5 Å². The molecule has 0 aromatic heterocycles. The van der Waals surface area contributed by atoms with Gasteiger partial charge in [-0.15, -0.1) is 0 Å². The monoisotopic (exact) mass is 1220 g/mol. The van der Waals surface area contributed by atoms with E-state index in [2.05, 4.69) is 92.1 Å². The lowest BCUT2D eigenvalue weighted by Gasteiger charge is -2.40. The molecule has 6 N–H and O–H groups in total. The molecule has 1 saturated heterocycles. The summed E-state index contributed by atoms with van der Waals surface area (Å²) in [6.45, 7) is 4.23. The Labute approximate surface area is 533 Å². The lowest BCUT2D eigenvalue weighted by atomic mass is 9.99. The molecule has 1 aliphatic rings. The van der Waals surface area contributed by atoms with Gasteiger partial charge in [0.2, 0.25) is 5.91 Å². The molecule has 1 aliphatic heterocycles. The highest BCUT2D eigenvalue weighted by Gasteiger charge is 2.44. The Morgan fingerprint density at radius 1 is 0.425 bits per heavy atom. The number of allylic oxidation sites excluding steroid dienone is 13. The summed E-state index contributed by atoms with van der Waals surface area (Å²) in [6.07, 6.45) is 78.7. The molecule has 0 radical (unpaired) electrons. The third-order valence-corrected chi connectivity index (χ3v) is 16.7. The minimum atomic E-state index is -1.58. The molecule has 0 bridgehead atoms. The molecule has 0 spiro atoms. The number of nitrogens with one attached hydrogen (secondary N) is 1. The van der Waals surface area contributed by atoms with Crippen LogP contribution in [0, 0.1) is 0 Å². The van der Waals surface area contributed by atoms with Crippen molar-refractivity contribution in [3.05, 3.63) is 85.1 Å². The summed E-state index contributed by atoms with van der Waals surface area (Å²) < 4.78 is 16.7. The van der Waals surface area contributed by atoms with Crippen LogP contribution in [0.5, 0.6) is 0 Å². The highest BCUT2D eigenvalue weighted by atomic mass is 16.7. The van der Waals surface area contributed by atoms with Crippen LogP contribution < -0.4 is 5.32 Å². The number of carbonyl (C=O) groups is 2. The molecule has 1 heterocycles. The SMILES string of the molecule is CCC/C=C\C/C=C\CCCCCCCC(=O)OCCCCCCCCCCC/C=C\C/C=C\CCCCCCCCCCCCCCCCCCCC(=O)NC(COC1OC(CO)C(O)C(O)C1O)C(O)/C=C/CC/C=C/CC/C=C/CCCCC. The number of amides is 1. The molecule has 7 atom stereocenters. The molecule has 504 valence electrons. The van der Waals surface area contributed by atoms with Gasteiger partial charge in [-0.05, 0) is 116 Å². The average molecular weight is 1220 g/mol. The van der Waals surface area contributed by atoms with Gasteiger partial charge in [0.25, 0.3) is 0 Å². The van der Waals surface area contributed by atoms with Crippen LogP contribution in [0.2, 0.25) is 0 Å². The summed E-state index contributed by atoms with van der Waals surface area (Å²) in [6, 6.07) is -0.835. The number of hydrogen-bond donors (Lipinski definition) is 6. The molecule has 0 saturated carbocycles. The van der Waals surface area contributed by atoms with E-state index in [0.29, 0.717) is 19.4 Å². The number of carbonyl (C=O) groups excluding carboxylic acids is 2. The maximum atomic E-state index is 13.1. The van der Waals surface area contributed by atoms with E-state index in [1.165, 1.54) is 212 Å². The van der Waals surface area contributed by atoms with E-state index in [1.54, 1.807) is 6.08 Å². The van der Waals surface area contributed by atoms with Crippen molar-refractivity contribution >= 4 is 11.9 Å². The molecule has 87 heavy (non-hydrogen) atoms. The first kappa shape index (κ1) is 81.9. The molecule has 11 nitrogen and oxygen atoms in total. The Bertz CT molecular complexity index is 1720. The van der Waals surface area contributed by atoms with Crippen LogP contribution in [0.4, 0.5) is 0 Å². The number of ether oxygens (including phenoxy) is 3. The normalized spacial score (nSPS) is 18.4. The second-order valence-electron chi connectivity index (χ2n) is 24.9. The van der Waals surface area contributed by atoms with E-state index in [9.17, 15) is 35.1 Å². The molecule has 11 heteroatoms. The number of hydrogen-bond acceptors (Lipinski definition) is 10. The maximum Gasteiger partial charge on any atom is 0.305 e. The Kier molecular flexibility index (Phi) is 60.6. The second kappa shape index (κ2) is 64.4. The van der Waals surface area contributed by atoms with E-state index in [4.69, 9.17) is 14.2 Å². The van der Waals surface area contributed by atoms with Gasteiger partial charge in [0.1, 0.15) is 24.4 Å². The van der Waals surface area contributed by atoms with Crippen molar-refractivity contribution in [2.75, 3.05) is 19.8 Å². The quantitative estimate of drug-likeness (QED) is 0.0195. The third kappa shape index (κ3) is 53.2. The number of esters is 1. The Morgan fingerprint density at radius 3 is 1.25 bits per heavy atom. The minimum absolute atomic E-state index is 0.00952. The first-order valence-corrected chi connectivity index (χ1v) is 36.4. The number of aliphatic hydroxyl groups is 5. The van der Waals surface area contributed by atoms with Gasteiger partial charge in [0.05, 0.1) is 32.0 Å². The summed E-state index contributed by atoms with van der Waals surface area (Å²) in [4.78, 5) is 25.1. The molecular formula is C76H135NO10. The minimum Gasteiger partial charge on any atom is -0.466 e. The van der Waals surface area contributed by atoms with Gasteiger partial charge >= 0.3 is 5.97 Å². The van der Waals surface area contributed by atoms with Crippen molar-refractivity contribution in [2.45, 2.75) is 365 Å². The number of unbranched alkanes of at least 4 members (excludes halogenated alkanes) is 37. The van der Waals surface area contributed by atoms with Gasteiger partial charge in [0, 0.05) is 12.8 Å². The van der Waals surface area contributed by atoms with Crippen molar-refractivity contribution in [3.63, 3.8) is 0 Å². The molecule has 0 aromatic carbocycles. The van der Waals surface area contributed by atoms with Crippen LogP contribution in [0.15, 0.2) is 85.1 Å². The van der Waals surface area contributed by atoms with Crippen LogP contribution in [0.25, 0.3) is 0 Å². The van der Waals surface area contributed by atoms with Gasteiger partial charge in [-0.3, -0.25) is 9.59 Å². The van der Waals surface area contributed by atoms with E-state index in [0.717, 1.165) is 83.5 Å². The molecule has 0 aromatic rings. The largest absolute Gasteiger partial charge is 0.466 e. The van der Waals surface area contributed by atoms with Crippen molar-refractivity contribution in [2.24, 2.45) is 0 Å². The molecule has 1 rings (SSSR count). The summed E-state index contributed by atoms with van der Waals surface area (Å²) in [7, 11) is 0. The summed E-state index contributed by atoms with van der Waals surface area (Å²) in [5.41, 5.74) is 0. The standard InChI is InChI=1S/C76H135NO10/c1-3-5-7-9-11-13-15-38-42-46-50-54-58-62-69(79)68(67-86-76-75(84)74(83)73(82)70(66-78)87-76)77-71(80)63-59-55-51-47-43-40-36-34-32-30-28-26-24-22-20-18-17-19-21-23-25-27-29-31-33-35-37-41-45-49-53-57-61-65-85-72(81)64-60-56-52-48-44-39-16-14-12-10-8-6-4-2/h8,10-11,13-14,16,21,23,27,29,42,46,58,62,68-70,73-76,78-79,82-84H,3-7,9,12,15,17-20,22,24-26,28,30-41,43-45,47-57,59-61,63-67H2,1-2H3,(H,77,80)/b10-8-,13-11+,16-14-,23-21-,29-27-,46-42+,62-58+. The summed E-state index contributed by atoms with van der Waals surface area (Å²) in [5.74, 6) is -0.205. The Balaban J connectivity index is 1.97. The second-order valence-corrected chi connectivity index (χ2v) is 24.9. The average Bonchev–Trinajstić information content (AvgIpc) is 2.19. The maximum absolute atomic E-state index is 13.1. The summed E-state index contributed by atoms with van der Waals surface area (Å²) >= 11 is 0. The zero-order valence-corrected chi connectivity index (χ0v) is 56.0. The Hall–Kier alpha value is -3.16. The van der Waals surface area contributed by atoms with Gasteiger partial charge in [-0.1, -0.05) is 279 Å². The lowest BCUT2D eigenvalue weighted by Crippen LogP contribution is -2.60. The predicted octanol–water partition coefficient (Wildman–Crippen LogP) is 18.8. The van der Waals surface area contributed by atoms with Gasteiger partial charge in [-0.2, -0.15) is 0 Å². The Morgan fingerprint density at radius 2 is 0.805 bits per heavy atom. The summed E-state index contributed by atoms with van der Waals surface area (Å²) in [5, 5.41) is 54.5. The van der Waals surface area contributed by atoms with Gasteiger partial charge in [-0.25, -0.2) is 0 Å². The molecule has 0 aliphatic carbocycles. The zero-order valence-electron chi connectivity index (χ0n) is 56.0. The number of rotatable bonds is 63. The van der Waals surface area contributed by atoms with E-state index in [-0.39, 0.29) is 18.5 Å². The lowest BCUT2D eigenvalue weighted by molar-refractivity contribution is -0.302. The van der Waals surface area contributed by atoms with E-state index >= 15 is 0 Å². The van der Waals surface area contributed by atoms with Gasteiger partial charge < -0.3 is 45.1 Å². The fourth-order valence-corrected chi connectivity index (χ4v) is 10.9. The predicted molar refractivity (Wildman–Crippen MR) is 366 cm³/mol. The fourth-order valence-electron chi connectivity index (χ4n) is 10.9. The molecule has 1 fully saturated rings. The zero-order chi connectivity index (χ0) is 63.0. The highest BCUT2D eigenvalue weighted by molar-refractivity contribution is 5.76. The van der Waals surface area contributed by atoms with Crippen molar-refractivity contribution in [1.82, 2.24) is 5.32 Å². The first-order valence-electron chi connectivity index (χ1n) is 36.4. The van der Waals surface area contributed by atoms with Gasteiger partial charge in [0.15, 0.2) is 6.29 Å². The van der Waals surface area contributed by atoms with Crippen LogP contribution >= 0.6 is 0 Å². The molecule has 1 amide bonds. The molecular weight excluding hydrogens is 1090 g/mol. The van der Waals surface area contributed by atoms with Crippen LogP contribution in [0.1, 0.15) is 322 Å². The van der Waals surface area contributed by atoms with Crippen LogP contribution in [0.3, 0.4) is 0 Å².